The maximum Gasteiger partial charge on any atom is 0.356 e. The van der Waals surface area contributed by atoms with E-state index in [1.54, 1.807) is 19.4 Å². The van der Waals surface area contributed by atoms with E-state index in [-0.39, 0.29) is 5.97 Å². The third-order valence-corrected chi connectivity index (χ3v) is 4.05. The monoisotopic (exact) mass is 319 g/mol. The lowest BCUT2D eigenvalue weighted by molar-refractivity contribution is 0.0515. The number of aromatic amines is 1. The fraction of sp³-hybridized carbons (Fsp3) is 0.529. The fourth-order valence-electron chi connectivity index (χ4n) is 2.40. The first-order valence-electron chi connectivity index (χ1n) is 7.98. The molecule has 0 fully saturated rings. The summed E-state index contributed by atoms with van der Waals surface area (Å²) in [4.78, 5) is 14.3. The number of furan rings is 1. The quantitative estimate of drug-likeness (QED) is 0.756. The Labute approximate surface area is 136 Å². The van der Waals surface area contributed by atoms with E-state index in [9.17, 15) is 4.79 Å². The van der Waals surface area contributed by atoms with Crippen molar-refractivity contribution >= 4 is 5.97 Å². The van der Waals surface area contributed by atoms with Crippen LogP contribution < -0.4 is 0 Å². The molecule has 2 rings (SSSR count). The average Bonchev–Trinajstić information content (AvgIpc) is 3.17. The number of ether oxygens (including phenoxy) is 1. The molecule has 0 aliphatic carbocycles. The number of aromatic nitrogens is 2. The van der Waals surface area contributed by atoms with Gasteiger partial charge in [-0.05, 0) is 31.9 Å². The fourth-order valence-corrected chi connectivity index (χ4v) is 2.40. The van der Waals surface area contributed by atoms with Crippen molar-refractivity contribution < 1.29 is 13.9 Å². The van der Waals surface area contributed by atoms with Crippen LogP contribution in [0, 0.1) is 5.92 Å². The predicted octanol–water partition coefficient (Wildman–Crippen LogP) is 3.23. The molecule has 1 atom stereocenters. The maximum absolute atomic E-state index is 12.0. The first-order valence-corrected chi connectivity index (χ1v) is 7.98. The molecule has 0 spiro atoms. The van der Waals surface area contributed by atoms with Crippen LogP contribution in [0.1, 0.15) is 49.5 Å². The number of rotatable bonds is 8. The van der Waals surface area contributed by atoms with Crippen LogP contribution in [0.3, 0.4) is 0 Å². The van der Waals surface area contributed by atoms with Crippen molar-refractivity contribution in [2.24, 2.45) is 5.92 Å². The Morgan fingerprint density at radius 1 is 1.39 bits per heavy atom. The van der Waals surface area contributed by atoms with Gasteiger partial charge in [-0.2, -0.15) is 5.10 Å². The lowest BCUT2D eigenvalue weighted by atomic mass is 10.0. The molecule has 0 saturated heterocycles. The second kappa shape index (κ2) is 7.97. The highest BCUT2D eigenvalue weighted by Crippen LogP contribution is 2.19. The van der Waals surface area contributed by atoms with Crippen LogP contribution in [0.4, 0.5) is 0 Å². The molecular formula is C17H25N3O3. The molecule has 0 saturated carbocycles. The van der Waals surface area contributed by atoms with Crippen LogP contribution in [0.15, 0.2) is 29.0 Å². The second-order valence-electron chi connectivity index (χ2n) is 5.96. The number of carbonyl (C=O) groups is 1. The molecule has 1 N–H and O–H groups in total. The van der Waals surface area contributed by atoms with Crippen LogP contribution in [-0.4, -0.2) is 33.7 Å². The van der Waals surface area contributed by atoms with Gasteiger partial charge in [0.05, 0.1) is 25.6 Å². The van der Waals surface area contributed by atoms with Gasteiger partial charge in [0.25, 0.3) is 0 Å². The smallest absolute Gasteiger partial charge is 0.356 e. The van der Waals surface area contributed by atoms with Crippen LogP contribution >= 0.6 is 0 Å². The molecule has 2 heterocycles. The van der Waals surface area contributed by atoms with E-state index in [4.69, 9.17) is 9.15 Å². The SMILES string of the molecule is CCOC(=O)c1[nH]ncc1CN(Cc1ccco1)[C@H](C)C(C)C. The zero-order valence-corrected chi connectivity index (χ0v) is 14.2. The third-order valence-electron chi connectivity index (χ3n) is 4.05. The summed E-state index contributed by atoms with van der Waals surface area (Å²) < 4.78 is 10.5. The average molecular weight is 319 g/mol. The summed E-state index contributed by atoms with van der Waals surface area (Å²) in [6.45, 7) is 9.96. The first-order chi connectivity index (χ1) is 11.0. The van der Waals surface area contributed by atoms with Gasteiger partial charge < -0.3 is 9.15 Å². The highest BCUT2D eigenvalue weighted by Gasteiger charge is 2.23. The van der Waals surface area contributed by atoms with Gasteiger partial charge >= 0.3 is 5.97 Å². The van der Waals surface area contributed by atoms with E-state index in [1.807, 2.05) is 12.1 Å². The van der Waals surface area contributed by atoms with Crippen molar-refractivity contribution in [3.8, 4) is 0 Å². The number of hydrogen-bond donors (Lipinski definition) is 1. The number of nitrogens with zero attached hydrogens (tertiary/aromatic N) is 2. The van der Waals surface area contributed by atoms with Crippen molar-refractivity contribution in [2.45, 2.75) is 46.8 Å². The first kappa shape index (κ1) is 17.3. The summed E-state index contributed by atoms with van der Waals surface area (Å²) in [6, 6.07) is 4.17. The Morgan fingerprint density at radius 2 is 2.17 bits per heavy atom. The highest BCUT2D eigenvalue weighted by atomic mass is 16.5. The summed E-state index contributed by atoms with van der Waals surface area (Å²) in [7, 11) is 0. The number of nitrogens with one attached hydrogen (secondary N) is 1. The number of hydrogen-bond acceptors (Lipinski definition) is 5. The topological polar surface area (TPSA) is 71.4 Å². The van der Waals surface area contributed by atoms with Gasteiger partial charge in [0.1, 0.15) is 11.5 Å². The number of carbonyl (C=O) groups excluding carboxylic acids is 1. The lowest BCUT2D eigenvalue weighted by Gasteiger charge is -2.31. The summed E-state index contributed by atoms with van der Waals surface area (Å²) >= 11 is 0. The van der Waals surface area contributed by atoms with Gasteiger partial charge in [0, 0.05) is 18.2 Å². The number of esters is 1. The second-order valence-corrected chi connectivity index (χ2v) is 5.96. The highest BCUT2D eigenvalue weighted by molar-refractivity contribution is 5.88. The minimum atomic E-state index is -0.366. The van der Waals surface area contributed by atoms with E-state index in [0.717, 1.165) is 11.3 Å². The molecular weight excluding hydrogens is 294 g/mol. The van der Waals surface area contributed by atoms with Crippen molar-refractivity contribution in [2.75, 3.05) is 6.61 Å². The van der Waals surface area contributed by atoms with Gasteiger partial charge in [-0.3, -0.25) is 10.00 Å². The minimum absolute atomic E-state index is 0.324. The minimum Gasteiger partial charge on any atom is -0.468 e. The summed E-state index contributed by atoms with van der Waals surface area (Å²) in [5.74, 6) is 1.01. The Kier molecular flexibility index (Phi) is 5.98. The molecule has 6 heteroatoms. The van der Waals surface area contributed by atoms with Crippen LogP contribution in [-0.2, 0) is 17.8 Å². The molecule has 0 radical (unpaired) electrons. The molecule has 2 aromatic heterocycles. The Hall–Kier alpha value is -2.08. The van der Waals surface area contributed by atoms with Crippen LogP contribution in [0.5, 0.6) is 0 Å². The van der Waals surface area contributed by atoms with Crippen molar-refractivity contribution in [1.29, 1.82) is 0 Å². The van der Waals surface area contributed by atoms with Crippen LogP contribution in [0.2, 0.25) is 0 Å². The molecule has 6 nitrogen and oxygen atoms in total. The summed E-state index contributed by atoms with van der Waals surface area (Å²) in [5, 5.41) is 6.75. The van der Waals surface area contributed by atoms with Gasteiger partial charge in [-0.1, -0.05) is 13.8 Å². The Bertz CT molecular complexity index is 604. The molecule has 0 amide bonds. The Morgan fingerprint density at radius 3 is 2.78 bits per heavy atom. The molecule has 2 aromatic rings. The largest absolute Gasteiger partial charge is 0.468 e. The number of H-pyrrole nitrogens is 1. The van der Waals surface area contributed by atoms with Gasteiger partial charge in [0.2, 0.25) is 0 Å². The molecule has 0 unspecified atom stereocenters. The molecule has 0 bridgehead atoms. The summed E-state index contributed by atoms with van der Waals surface area (Å²) in [6.07, 6.45) is 3.36. The van der Waals surface area contributed by atoms with Gasteiger partial charge in [-0.25, -0.2) is 4.79 Å². The van der Waals surface area contributed by atoms with E-state index in [1.165, 1.54) is 0 Å². The molecule has 23 heavy (non-hydrogen) atoms. The standard InChI is InChI=1S/C17H25N3O3/c1-5-22-17(21)16-14(9-18-19-16)10-20(13(4)12(2)3)11-15-7-6-8-23-15/h6-9,12-13H,5,10-11H2,1-4H3,(H,18,19)/t13-/m1/s1. The molecule has 126 valence electrons. The zero-order valence-electron chi connectivity index (χ0n) is 14.2. The van der Waals surface area contributed by atoms with Gasteiger partial charge in [-0.15, -0.1) is 0 Å². The van der Waals surface area contributed by atoms with Gasteiger partial charge in [0.15, 0.2) is 0 Å². The summed E-state index contributed by atoms with van der Waals surface area (Å²) in [5.41, 5.74) is 1.26. The molecule has 0 aliphatic rings. The van der Waals surface area contributed by atoms with Crippen LogP contribution in [0.25, 0.3) is 0 Å². The normalized spacial score (nSPS) is 12.8. The van der Waals surface area contributed by atoms with Crippen molar-refractivity contribution in [1.82, 2.24) is 15.1 Å². The van der Waals surface area contributed by atoms with Crippen molar-refractivity contribution in [3.63, 3.8) is 0 Å². The molecule has 0 aromatic carbocycles. The Balaban J connectivity index is 2.17. The van der Waals surface area contributed by atoms with E-state index in [2.05, 4.69) is 35.9 Å². The lowest BCUT2D eigenvalue weighted by Crippen LogP contribution is -2.36. The maximum atomic E-state index is 12.0. The third kappa shape index (κ3) is 4.45. The van der Waals surface area contributed by atoms with E-state index < -0.39 is 0 Å². The molecule has 0 aliphatic heterocycles. The van der Waals surface area contributed by atoms with E-state index >= 15 is 0 Å². The van der Waals surface area contributed by atoms with E-state index in [0.29, 0.717) is 37.4 Å². The predicted molar refractivity (Wildman–Crippen MR) is 86.8 cm³/mol. The zero-order chi connectivity index (χ0) is 16.8. The van der Waals surface area contributed by atoms with Crippen molar-refractivity contribution in [3.05, 3.63) is 41.6 Å².